The topological polar surface area (TPSA) is 0 Å². The molecule has 0 unspecified atom stereocenters. The monoisotopic (exact) mass is 372 g/mol. The second-order valence-electron chi connectivity index (χ2n) is 7.79. The molecule has 0 radical (unpaired) electrons. The maximum absolute atomic E-state index is 4.07. The van der Waals surface area contributed by atoms with Gasteiger partial charge in [0.1, 0.15) is 0 Å². The molecule has 1 aliphatic rings. The number of allylic oxidation sites excluding steroid dienone is 8. The molecule has 0 aromatic heterocycles. The Morgan fingerprint density at radius 1 is 0.857 bits per heavy atom. The highest BCUT2D eigenvalue weighted by molar-refractivity contribution is 5.73. The Morgan fingerprint density at radius 2 is 1.54 bits per heavy atom. The van der Waals surface area contributed by atoms with Gasteiger partial charge in [-0.3, -0.25) is 0 Å². The average Bonchev–Trinajstić information content (AvgIpc) is 2.68. The first kappa shape index (κ1) is 22.0. The van der Waals surface area contributed by atoms with Crippen LogP contribution in [0.4, 0.5) is 0 Å². The minimum absolute atomic E-state index is 0.0860. The van der Waals surface area contributed by atoms with Crippen molar-refractivity contribution in [2.24, 2.45) is 5.41 Å². The van der Waals surface area contributed by atoms with E-state index in [0.717, 1.165) is 44.9 Å². The minimum Gasteiger partial charge on any atom is -0.103 e. The summed E-state index contributed by atoms with van der Waals surface area (Å²) < 4.78 is 0. The lowest BCUT2D eigenvalue weighted by molar-refractivity contribution is 0.356. The molecule has 0 nitrogen and oxygen atoms in total. The van der Waals surface area contributed by atoms with Crippen LogP contribution in [0.1, 0.15) is 62.6 Å². The standard InChI is InChI=1S/C28H36/c1-7-13-23-19-24(16-15-22(23)11-5)26-20-25(14-8-2)27(12-6)28(21-26,17-9-3)18-10-4/h7-10,15-16,19-20H,1-4,11-14,17-18,21H2,5-6H3. The predicted molar refractivity (Wildman–Crippen MR) is 127 cm³/mol. The van der Waals surface area contributed by atoms with E-state index in [0.29, 0.717) is 0 Å². The van der Waals surface area contributed by atoms with Gasteiger partial charge in [-0.1, -0.05) is 68.0 Å². The van der Waals surface area contributed by atoms with Crippen LogP contribution in [0.3, 0.4) is 0 Å². The van der Waals surface area contributed by atoms with E-state index in [-0.39, 0.29) is 5.41 Å². The van der Waals surface area contributed by atoms with Crippen LogP contribution >= 0.6 is 0 Å². The Labute approximate surface area is 172 Å². The van der Waals surface area contributed by atoms with Crippen molar-refractivity contribution in [1.82, 2.24) is 0 Å². The molecule has 1 aromatic carbocycles. The summed E-state index contributed by atoms with van der Waals surface area (Å²) in [6.45, 7) is 20.6. The summed E-state index contributed by atoms with van der Waals surface area (Å²) in [4.78, 5) is 0. The fourth-order valence-corrected chi connectivity index (χ4v) is 4.83. The van der Waals surface area contributed by atoms with E-state index in [1.54, 1.807) is 5.57 Å². The Kier molecular flexibility index (Phi) is 8.05. The van der Waals surface area contributed by atoms with Crippen molar-refractivity contribution in [3.05, 3.63) is 103 Å². The van der Waals surface area contributed by atoms with Gasteiger partial charge < -0.3 is 0 Å². The molecule has 0 heteroatoms. The minimum atomic E-state index is 0.0860. The normalized spacial score (nSPS) is 15.7. The van der Waals surface area contributed by atoms with Gasteiger partial charge in [0, 0.05) is 5.41 Å². The van der Waals surface area contributed by atoms with Crippen molar-refractivity contribution >= 4 is 5.57 Å². The summed E-state index contributed by atoms with van der Waals surface area (Å²) in [5.41, 5.74) is 8.63. The highest BCUT2D eigenvalue weighted by Gasteiger charge is 2.36. The van der Waals surface area contributed by atoms with Crippen LogP contribution in [0.15, 0.2) is 86.0 Å². The van der Waals surface area contributed by atoms with E-state index in [4.69, 9.17) is 0 Å². The van der Waals surface area contributed by atoms with E-state index in [9.17, 15) is 0 Å². The molecule has 0 amide bonds. The van der Waals surface area contributed by atoms with E-state index in [1.165, 1.54) is 27.8 Å². The van der Waals surface area contributed by atoms with Crippen molar-refractivity contribution in [3.8, 4) is 0 Å². The maximum atomic E-state index is 4.07. The van der Waals surface area contributed by atoms with Gasteiger partial charge in [-0.05, 0) is 72.8 Å². The molecule has 0 fully saturated rings. The average molecular weight is 373 g/mol. The lowest BCUT2D eigenvalue weighted by Crippen LogP contribution is -2.26. The van der Waals surface area contributed by atoms with Crippen molar-refractivity contribution in [3.63, 3.8) is 0 Å². The molecule has 28 heavy (non-hydrogen) atoms. The second-order valence-corrected chi connectivity index (χ2v) is 7.79. The van der Waals surface area contributed by atoms with Gasteiger partial charge >= 0.3 is 0 Å². The third-order valence-electron chi connectivity index (χ3n) is 6.02. The fraction of sp³-hybridized carbons (Fsp3) is 0.357. The first-order valence-electron chi connectivity index (χ1n) is 10.6. The maximum Gasteiger partial charge on any atom is 0.00269 e. The molecular formula is C28H36. The zero-order chi connectivity index (χ0) is 20.6. The first-order chi connectivity index (χ1) is 13.6. The Hall–Kier alpha value is -2.34. The lowest BCUT2D eigenvalue weighted by Gasteiger charge is -2.40. The number of benzene rings is 1. The molecule has 148 valence electrons. The molecule has 0 heterocycles. The number of aryl methyl sites for hydroxylation is 1. The van der Waals surface area contributed by atoms with E-state index in [1.807, 2.05) is 12.2 Å². The number of hydrogen-bond donors (Lipinski definition) is 0. The molecule has 0 N–H and O–H groups in total. The van der Waals surface area contributed by atoms with Crippen LogP contribution in [0.2, 0.25) is 0 Å². The molecule has 1 aromatic rings. The van der Waals surface area contributed by atoms with Crippen molar-refractivity contribution in [1.29, 1.82) is 0 Å². The van der Waals surface area contributed by atoms with E-state index < -0.39 is 0 Å². The van der Waals surface area contributed by atoms with Gasteiger partial charge in [-0.15, -0.1) is 26.3 Å². The fourth-order valence-electron chi connectivity index (χ4n) is 4.83. The van der Waals surface area contributed by atoms with Crippen molar-refractivity contribution in [2.75, 3.05) is 0 Å². The molecule has 2 rings (SSSR count). The van der Waals surface area contributed by atoms with Gasteiger partial charge in [-0.2, -0.15) is 0 Å². The Bertz CT molecular complexity index is 787. The van der Waals surface area contributed by atoms with Crippen molar-refractivity contribution in [2.45, 2.75) is 58.8 Å². The van der Waals surface area contributed by atoms with Gasteiger partial charge in [0.15, 0.2) is 0 Å². The highest BCUT2D eigenvalue weighted by atomic mass is 14.4. The quantitative estimate of drug-likeness (QED) is 0.343. The molecule has 1 aliphatic carbocycles. The van der Waals surface area contributed by atoms with Crippen LogP contribution in [0, 0.1) is 5.41 Å². The summed E-state index contributed by atoms with van der Waals surface area (Å²) in [6, 6.07) is 6.97. The molecule has 0 spiro atoms. The van der Waals surface area contributed by atoms with Crippen molar-refractivity contribution < 1.29 is 0 Å². The molecule has 0 saturated carbocycles. The smallest absolute Gasteiger partial charge is 0.00269 e. The molecule has 0 bridgehead atoms. The first-order valence-corrected chi connectivity index (χ1v) is 10.6. The van der Waals surface area contributed by atoms with Crippen LogP contribution < -0.4 is 0 Å². The zero-order valence-corrected chi connectivity index (χ0v) is 17.9. The molecule has 0 aliphatic heterocycles. The zero-order valence-electron chi connectivity index (χ0n) is 17.9. The molecule has 0 saturated heterocycles. The second kappa shape index (κ2) is 10.3. The van der Waals surface area contributed by atoms with Crippen LogP contribution in [0.25, 0.3) is 5.57 Å². The Morgan fingerprint density at radius 3 is 2.07 bits per heavy atom. The summed E-state index contributed by atoms with van der Waals surface area (Å²) in [6.07, 6.45) is 17.6. The summed E-state index contributed by atoms with van der Waals surface area (Å²) in [5.74, 6) is 0. The van der Waals surface area contributed by atoms with Gasteiger partial charge in [0.25, 0.3) is 0 Å². The third-order valence-corrected chi connectivity index (χ3v) is 6.02. The van der Waals surface area contributed by atoms with Crippen LogP contribution in [-0.4, -0.2) is 0 Å². The van der Waals surface area contributed by atoms with Crippen LogP contribution in [-0.2, 0) is 12.8 Å². The Balaban J connectivity index is 2.63. The van der Waals surface area contributed by atoms with Gasteiger partial charge in [-0.25, -0.2) is 0 Å². The molecular weight excluding hydrogens is 336 g/mol. The van der Waals surface area contributed by atoms with Crippen LogP contribution in [0.5, 0.6) is 0 Å². The number of rotatable bonds is 11. The summed E-state index contributed by atoms with van der Waals surface area (Å²) >= 11 is 0. The van der Waals surface area contributed by atoms with E-state index >= 15 is 0 Å². The third kappa shape index (κ3) is 4.55. The predicted octanol–water partition coefficient (Wildman–Crippen LogP) is 8.19. The number of hydrogen-bond acceptors (Lipinski definition) is 0. The summed E-state index contributed by atoms with van der Waals surface area (Å²) in [5, 5.41) is 0. The highest BCUT2D eigenvalue weighted by Crippen LogP contribution is 2.51. The van der Waals surface area contributed by atoms with E-state index in [2.05, 4.69) is 76.6 Å². The largest absolute Gasteiger partial charge is 0.103 e. The molecule has 0 atom stereocenters. The van der Waals surface area contributed by atoms with Gasteiger partial charge in [0.2, 0.25) is 0 Å². The SMILES string of the molecule is C=CCC1=C(CC)C(CC=C)(CC=C)CC(c2ccc(CC)c(CC=C)c2)=C1. The lowest BCUT2D eigenvalue weighted by atomic mass is 9.64. The summed E-state index contributed by atoms with van der Waals surface area (Å²) in [7, 11) is 0. The van der Waals surface area contributed by atoms with Gasteiger partial charge in [0.05, 0.1) is 0 Å².